The van der Waals surface area contributed by atoms with Crippen molar-refractivity contribution in [2.24, 2.45) is 0 Å². The summed E-state index contributed by atoms with van der Waals surface area (Å²) in [6.07, 6.45) is 0. The van der Waals surface area contributed by atoms with E-state index < -0.39 is 0 Å². The Labute approximate surface area is 202 Å². The van der Waals surface area contributed by atoms with Crippen molar-refractivity contribution >= 4 is 33.1 Å². The molecule has 0 heterocycles. The average Bonchev–Trinajstić information content (AvgIpc) is 2.87. The van der Waals surface area contributed by atoms with E-state index in [1.165, 1.54) is 44.8 Å². The Kier molecular flexibility index (Phi) is 5.13. The number of hydrogen-bond donors (Lipinski definition) is 0. The lowest BCUT2D eigenvalue weighted by atomic mass is 9.85. The fourth-order valence-electron chi connectivity index (χ4n) is 4.90. The largest absolute Gasteiger partial charge is 0.207 e. The van der Waals surface area contributed by atoms with Crippen molar-refractivity contribution in [2.75, 3.05) is 0 Å². The van der Waals surface area contributed by atoms with Gasteiger partial charge in [-0.1, -0.05) is 103 Å². The zero-order valence-electron chi connectivity index (χ0n) is 18.3. The Morgan fingerprint density at radius 2 is 0.882 bits per heavy atom. The van der Waals surface area contributed by atoms with Gasteiger partial charge in [0.2, 0.25) is 0 Å². The highest BCUT2D eigenvalue weighted by Crippen LogP contribution is 2.44. The maximum Gasteiger partial charge on any atom is 0.123 e. The monoisotopic (exact) mass is 458 g/mol. The van der Waals surface area contributed by atoms with Gasteiger partial charge in [-0.25, -0.2) is 4.39 Å². The molecule has 6 aromatic carbocycles. The van der Waals surface area contributed by atoms with Crippen molar-refractivity contribution < 1.29 is 4.39 Å². The normalized spacial score (nSPS) is 11.2. The van der Waals surface area contributed by atoms with Crippen LogP contribution in [0.2, 0.25) is 5.02 Å². The van der Waals surface area contributed by atoms with Crippen LogP contribution in [0.4, 0.5) is 4.39 Å². The van der Waals surface area contributed by atoms with E-state index in [0.29, 0.717) is 5.02 Å². The van der Waals surface area contributed by atoms with Gasteiger partial charge in [-0.3, -0.25) is 0 Å². The Morgan fingerprint density at radius 3 is 1.44 bits per heavy atom. The quantitative estimate of drug-likeness (QED) is 0.231. The summed E-state index contributed by atoms with van der Waals surface area (Å²) < 4.78 is 13.5. The minimum atomic E-state index is -0.250. The van der Waals surface area contributed by atoms with Crippen LogP contribution >= 0.6 is 11.6 Å². The van der Waals surface area contributed by atoms with E-state index in [1.54, 1.807) is 12.1 Å². The molecule has 0 amide bonds. The molecule has 0 fully saturated rings. The van der Waals surface area contributed by atoms with Crippen molar-refractivity contribution in [1.29, 1.82) is 0 Å². The zero-order valence-corrected chi connectivity index (χ0v) is 19.1. The summed E-state index contributed by atoms with van der Waals surface area (Å²) in [6.45, 7) is 0. The van der Waals surface area contributed by atoms with Crippen LogP contribution in [0.25, 0.3) is 54.9 Å². The van der Waals surface area contributed by atoms with Crippen LogP contribution in [0.15, 0.2) is 121 Å². The molecular weight excluding hydrogens is 439 g/mol. The van der Waals surface area contributed by atoms with Crippen LogP contribution in [0.1, 0.15) is 0 Å². The molecule has 34 heavy (non-hydrogen) atoms. The maximum absolute atomic E-state index is 13.5. The first-order valence-electron chi connectivity index (χ1n) is 11.2. The van der Waals surface area contributed by atoms with Gasteiger partial charge in [0.1, 0.15) is 5.82 Å². The highest BCUT2D eigenvalue weighted by Gasteiger charge is 2.17. The number of benzene rings is 6. The number of rotatable bonds is 3. The zero-order chi connectivity index (χ0) is 23.1. The van der Waals surface area contributed by atoms with Crippen LogP contribution in [0, 0.1) is 5.82 Å². The van der Waals surface area contributed by atoms with Gasteiger partial charge in [-0.15, -0.1) is 0 Å². The molecule has 6 rings (SSSR count). The molecule has 2 heteroatoms. The van der Waals surface area contributed by atoms with E-state index >= 15 is 0 Å². The Morgan fingerprint density at radius 1 is 0.412 bits per heavy atom. The highest BCUT2D eigenvalue weighted by molar-refractivity contribution is 6.31. The molecule has 0 bridgehead atoms. The van der Waals surface area contributed by atoms with Crippen LogP contribution in [-0.4, -0.2) is 0 Å². The van der Waals surface area contributed by atoms with Crippen molar-refractivity contribution in [3.05, 3.63) is 132 Å². The minimum absolute atomic E-state index is 0.250. The molecule has 0 spiro atoms. The topological polar surface area (TPSA) is 0 Å². The van der Waals surface area contributed by atoms with Gasteiger partial charge in [0.05, 0.1) is 0 Å². The van der Waals surface area contributed by atoms with Crippen molar-refractivity contribution in [3.8, 4) is 33.4 Å². The SMILES string of the molecule is Fc1ccc(-c2cc(Cl)cc(-c3c4ccccc4c(-c4ccccc4)c4ccccc34)c2)cc1. The molecule has 0 radical (unpaired) electrons. The lowest BCUT2D eigenvalue weighted by Crippen LogP contribution is -1.91. The second-order valence-electron chi connectivity index (χ2n) is 8.44. The van der Waals surface area contributed by atoms with E-state index in [4.69, 9.17) is 11.6 Å². The molecular formula is C32H20ClF. The second-order valence-corrected chi connectivity index (χ2v) is 8.88. The van der Waals surface area contributed by atoms with Crippen molar-refractivity contribution in [2.45, 2.75) is 0 Å². The van der Waals surface area contributed by atoms with Gasteiger partial charge in [-0.2, -0.15) is 0 Å². The first-order chi connectivity index (χ1) is 16.7. The molecule has 0 N–H and O–H groups in total. The lowest BCUT2D eigenvalue weighted by Gasteiger charge is -2.18. The van der Waals surface area contributed by atoms with Crippen LogP contribution in [0.5, 0.6) is 0 Å². The lowest BCUT2D eigenvalue weighted by molar-refractivity contribution is 0.628. The fourth-order valence-corrected chi connectivity index (χ4v) is 5.13. The molecule has 0 aliphatic rings. The van der Waals surface area contributed by atoms with Gasteiger partial charge in [0.15, 0.2) is 0 Å². The molecule has 0 aromatic heterocycles. The van der Waals surface area contributed by atoms with Gasteiger partial charge in [-0.05, 0) is 85.3 Å². The average molecular weight is 459 g/mol. The highest BCUT2D eigenvalue weighted by atomic mass is 35.5. The van der Waals surface area contributed by atoms with Crippen LogP contribution in [0.3, 0.4) is 0 Å². The molecule has 6 aromatic rings. The summed E-state index contributed by atoms with van der Waals surface area (Å²) in [4.78, 5) is 0. The van der Waals surface area contributed by atoms with Gasteiger partial charge in [0.25, 0.3) is 0 Å². The molecule has 0 aliphatic carbocycles. The second kappa shape index (κ2) is 8.44. The summed E-state index contributed by atoms with van der Waals surface area (Å²) in [7, 11) is 0. The third kappa shape index (κ3) is 3.55. The Bertz CT molecular complexity index is 1590. The minimum Gasteiger partial charge on any atom is -0.207 e. The Balaban J connectivity index is 1.71. The molecule has 162 valence electrons. The summed E-state index contributed by atoms with van der Waals surface area (Å²) >= 11 is 6.64. The number of hydrogen-bond acceptors (Lipinski definition) is 0. The number of fused-ring (bicyclic) bond motifs is 2. The molecule has 0 atom stereocenters. The maximum atomic E-state index is 13.5. The molecule has 0 saturated carbocycles. The smallest absolute Gasteiger partial charge is 0.123 e. The third-order valence-electron chi connectivity index (χ3n) is 6.36. The van der Waals surface area contributed by atoms with E-state index in [1.807, 2.05) is 18.2 Å². The van der Waals surface area contributed by atoms with E-state index in [0.717, 1.165) is 22.3 Å². The van der Waals surface area contributed by atoms with Crippen molar-refractivity contribution in [3.63, 3.8) is 0 Å². The first kappa shape index (κ1) is 20.7. The summed E-state index contributed by atoms with van der Waals surface area (Å²) in [5, 5.41) is 5.40. The third-order valence-corrected chi connectivity index (χ3v) is 6.58. The van der Waals surface area contributed by atoms with E-state index in [-0.39, 0.29) is 5.82 Å². The van der Waals surface area contributed by atoms with E-state index in [2.05, 4.69) is 78.9 Å². The summed E-state index contributed by atoms with van der Waals surface area (Å²) in [6, 6.07) is 40.3. The molecule has 0 unspecified atom stereocenters. The predicted molar refractivity (Wildman–Crippen MR) is 143 cm³/mol. The van der Waals surface area contributed by atoms with Crippen LogP contribution < -0.4 is 0 Å². The Hall–Kier alpha value is -3.94. The van der Waals surface area contributed by atoms with Gasteiger partial charge >= 0.3 is 0 Å². The fraction of sp³-hybridized carbons (Fsp3) is 0. The summed E-state index contributed by atoms with van der Waals surface area (Å²) in [5.41, 5.74) is 6.51. The molecule has 0 aliphatic heterocycles. The summed E-state index contributed by atoms with van der Waals surface area (Å²) in [5.74, 6) is -0.250. The van der Waals surface area contributed by atoms with Crippen LogP contribution in [-0.2, 0) is 0 Å². The predicted octanol–water partition coefficient (Wildman–Crippen LogP) is 9.79. The van der Waals surface area contributed by atoms with Crippen molar-refractivity contribution in [1.82, 2.24) is 0 Å². The molecule has 0 saturated heterocycles. The first-order valence-corrected chi connectivity index (χ1v) is 11.6. The van der Waals surface area contributed by atoms with Gasteiger partial charge in [0, 0.05) is 5.02 Å². The molecule has 0 nitrogen and oxygen atoms in total. The number of halogens is 2. The van der Waals surface area contributed by atoms with E-state index in [9.17, 15) is 4.39 Å². The van der Waals surface area contributed by atoms with Gasteiger partial charge < -0.3 is 0 Å². The standard InChI is InChI=1S/C32H20ClF/c33-25-19-23(21-14-16-26(34)17-15-21)18-24(20-25)32-29-12-6-4-10-27(29)31(22-8-2-1-3-9-22)28-11-5-7-13-30(28)32/h1-20H.